The van der Waals surface area contributed by atoms with Gasteiger partial charge in [-0.25, -0.2) is 4.39 Å². The van der Waals surface area contributed by atoms with E-state index >= 15 is 0 Å². The van der Waals surface area contributed by atoms with Crippen molar-refractivity contribution in [1.29, 1.82) is 0 Å². The summed E-state index contributed by atoms with van der Waals surface area (Å²) in [7, 11) is 0. The maximum Gasteiger partial charge on any atom is 0.129 e. The molecule has 0 aliphatic carbocycles. The van der Waals surface area contributed by atoms with E-state index in [1.807, 2.05) is 26.0 Å². The zero-order chi connectivity index (χ0) is 14.8. The summed E-state index contributed by atoms with van der Waals surface area (Å²) < 4.78 is 15.1. The van der Waals surface area contributed by atoms with Crippen LogP contribution in [0.2, 0.25) is 0 Å². The number of nitrogens with zero attached hydrogens (tertiary/aromatic N) is 1. The Bertz CT molecular complexity index is 467. The van der Waals surface area contributed by atoms with Gasteiger partial charge in [-0.15, -0.1) is 12.4 Å². The van der Waals surface area contributed by atoms with Gasteiger partial charge in [-0.2, -0.15) is 0 Å². The van der Waals surface area contributed by atoms with E-state index in [0.29, 0.717) is 5.56 Å². The molecular weight excluding hydrogens is 359 g/mol. The van der Waals surface area contributed by atoms with E-state index in [-0.39, 0.29) is 30.9 Å². The molecule has 0 aromatic heterocycles. The number of hydrogen-bond donors (Lipinski definition) is 2. The van der Waals surface area contributed by atoms with Gasteiger partial charge in [0.25, 0.3) is 0 Å². The van der Waals surface area contributed by atoms with Crippen molar-refractivity contribution in [2.45, 2.75) is 19.9 Å². The van der Waals surface area contributed by atoms with Crippen molar-refractivity contribution in [2.75, 3.05) is 32.8 Å². The van der Waals surface area contributed by atoms with Crippen LogP contribution in [0.3, 0.4) is 0 Å². The third-order valence-corrected chi connectivity index (χ3v) is 4.41. The molecule has 1 aromatic carbocycles. The first kappa shape index (κ1) is 18.8. The van der Waals surface area contributed by atoms with E-state index in [1.165, 1.54) is 6.07 Å². The molecule has 1 atom stereocenters. The van der Waals surface area contributed by atoms with Crippen LogP contribution in [0.25, 0.3) is 0 Å². The number of benzene rings is 1. The molecule has 1 heterocycles. The van der Waals surface area contributed by atoms with Gasteiger partial charge in [0.1, 0.15) is 5.82 Å². The van der Waals surface area contributed by atoms with Crippen LogP contribution in [-0.4, -0.2) is 42.8 Å². The molecule has 2 N–H and O–H groups in total. The first-order chi connectivity index (χ1) is 9.45. The number of halogens is 3. The van der Waals surface area contributed by atoms with Crippen LogP contribution >= 0.6 is 28.3 Å². The molecule has 2 rings (SSSR count). The predicted molar refractivity (Wildman–Crippen MR) is 89.4 cm³/mol. The number of piperazine rings is 1. The van der Waals surface area contributed by atoms with Crippen molar-refractivity contribution < 1.29 is 9.50 Å². The van der Waals surface area contributed by atoms with Gasteiger partial charge < -0.3 is 10.4 Å². The quantitative estimate of drug-likeness (QED) is 0.842. The topological polar surface area (TPSA) is 35.5 Å². The smallest absolute Gasteiger partial charge is 0.129 e. The lowest BCUT2D eigenvalue weighted by Gasteiger charge is -2.43. The molecule has 0 radical (unpaired) electrons. The second-order valence-corrected chi connectivity index (χ2v) is 6.92. The van der Waals surface area contributed by atoms with Crippen LogP contribution in [0.4, 0.5) is 4.39 Å². The minimum absolute atomic E-state index is 0. The number of hydrogen-bond acceptors (Lipinski definition) is 3. The summed E-state index contributed by atoms with van der Waals surface area (Å²) in [5, 5.41) is 13.0. The SMILES string of the molecule is CC(C)(CO)[C@@H](c1ccc(Br)cc1F)N1CCNCC1.Cl. The fraction of sp³-hybridized carbons (Fsp3) is 0.600. The highest BCUT2D eigenvalue weighted by Gasteiger charge is 2.37. The number of rotatable bonds is 4. The second-order valence-electron chi connectivity index (χ2n) is 6.00. The molecule has 3 nitrogen and oxygen atoms in total. The average molecular weight is 382 g/mol. The molecule has 0 saturated carbocycles. The first-order valence-corrected chi connectivity index (χ1v) is 7.75. The molecule has 0 spiro atoms. The Morgan fingerprint density at radius 2 is 2.00 bits per heavy atom. The fourth-order valence-electron chi connectivity index (χ4n) is 2.86. The van der Waals surface area contributed by atoms with E-state index in [4.69, 9.17) is 0 Å². The normalized spacial score (nSPS) is 18.1. The summed E-state index contributed by atoms with van der Waals surface area (Å²) in [4.78, 5) is 2.26. The lowest BCUT2D eigenvalue weighted by atomic mass is 9.79. The molecule has 1 aliphatic rings. The molecule has 1 aliphatic heterocycles. The highest BCUT2D eigenvalue weighted by molar-refractivity contribution is 9.10. The number of aliphatic hydroxyl groups is 1. The van der Waals surface area contributed by atoms with Gasteiger partial charge in [0, 0.05) is 54.3 Å². The second kappa shape index (κ2) is 7.88. The van der Waals surface area contributed by atoms with E-state index in [0.717, 1.165) is 30.7 Å². The van der Waals surface area contributed by atoms with Crippen molar-refractivity contribution in [2.24, 2.45) is 5.41 Å². The third kappa shape index (κ3) is 4.39. The lowest BCUT2D eigenvalue weighted by molar-refractivity contribution is 0.0286. The molecule has 1 aromatic rings. The van der Waals surface area contributed by atoms with Gasteiger partial charge >= 0.3 is 0 Å². The molecule has 6 heteroatoms. The molecule has 0 unspecified atom stereocenters. The van der Waals surface area contributed by atoms with Crippen LogP contribution in [0.15, 0.2) is 22.7 Å². The molecule has 1 fully saturated rings. The monoisotopic (exact) mass is 380 g/mol. The van der Waals surface area contributed by atoms with Crippen molar-refractivity contribution in [3.8, 4) is 0 Å². The summed E-state index contributed by atoms with van der Waals surface area (Å²) >= 11 is 3.30. The van der Waals surface area contributed by atoms with Crippen LogP contribution in [0, 0.1) is 11.2 Å². The summed E-state index contributed by atoms with van der Waals surface area (Å²) in [6, 6.07) is 5.06. The van der Waals surface area contributed by atoms with Gasteiger partial charge in [0.2, 0.25) is 0 Å². The van der Waals surface area contributed by atoms with Gasteiger partial charge in [-0.1, -0.05) is 35.8 Å². The molecule has 1 saturated heterocycles. The summed E-state index contributed by atoms with van der Waals surface area (Å²) in [5.74, 6) is -0.218. The maximum atomic E-state index is 14.4. The van der Waals surface area contributed by atoms with Crippen LogP contribution < -0.4 is 5.32 Å². The Morgan fingerprint density at radius 1 is 1.38 bits per heavy atom. The molecule has 0 bridgehead atoms. The maximum absolute atomic E-state index is 14.4. The minimum atomic E-state index is -0.397. The van der Waals surface area contributed by atoms with Crippen molar-refractivity contribution in [3.05, 3.63) is 34.1 Å². The highest BCUT2D eigenvalue weighted by Crippen LogP contribution is 2.39. The highest BCUT2D eigenvalue weighted by atomic mass is 79.9. The predicted octanol–water partition coefficient (Wildman–Crippen LogP) is 2.97. The van der Waals surface area contributed by atoms with Crippen molar-refractivity contribution in [3.63, 3.8) is 0 Å². The van der Waals surface area contributed by atoms with E-state index in [1.54, 1.807) is 0 Å². The Kier molecular flexibility index (Phi) is 7.07. The first-order valence-electron chi connectivity index (χ1n) is 6.96. The summed E-state index contributed by atoms with van der Waals surface area (Å²) in [5.41, 5.74) is 0.264. The molecule has 0 amide bonds. The van der Waals surface area contributed by atoms with E-state index in [2.05, 4.69) is 26.1 Å². The number of aliphatic hydroxyl groups excluding tert-OH is 1. The van der Waals surface area contributed by atoms with Crippen molar-refractivity contribution >= 4 is 28.3 Å². The average Bonchev–Trinajstić information content (AvgIpc) is 2.43. The van der Waals surface area contributed by atoms with Gasteiger partial charge in [-0.05, 0) is 12.1 Å². The Hall–Kier alpha value is -0.200. The van der Waals surface area contributed by atoms with E-state index < -0.39 is 5.41 Å². The zero-order valence-electron chi connectivity index (χ0n) is 12.4. The number of nitrogens with one attached hydrogen (secondary N) is 1. The van der Waals surface area contributed by atoms with Gasteiger partial charge in [-0.3, -0.25) is 4.90 Å². The van der Waals surface area contributed by atoms with Crippen LogP contribution in [0.5, 0.6) is 0 Å². The molecule has 120 valence electrons. The lowest BCUT2D eigenvalue weighted by Crippen LogP contribution is -2.49. The molecular formula is C15H23BrClFN2O. The summed E-state index contributed by atoms with van der Waals surface area (Å²) in [6.45, 7) is 7.53. The van der Waals surface area contributed by atoms with Crippen molar-refractivity contribution in [1.82, 2.24) is 10.2 Å². The van der Waals surface area contributed by atoms with E-state index in [9.17, 15) is 9.50 Å². The Balaban J connectivity index is 0.00000220. The van der Waals surface area contributed by atoms with Crippen LogP contribution in [-0.2, 0) is 0 Å². The largest absolute Gasteiger partial charge is 0.396 e. The van der Waals surface area contributed by atoms with Gasteiger partial charge in [0.05, 0.1) is 0 Å². The minimum Gasteiger partial charge on any atom is -0.396 e. The van der Waals surface area contributed by atoms with Gasteiger partial charge in [0.15, 0.2) is 0 Å². The Labute approximate surface area is 140 Å². The van der Waals surface area contributed by atoms with Crippen LogP contribution in [0.1, 0.15) is 25.5 Å². The fourth-order valence-corrected chi connectivity index (χ4v) is 3.20. The standard InChI is InChI=1S/C15H22BrFN2O.ClH/c1-15(2,10-20)14(19-7-5-18-6-8-19)12-4-3-11(16)9-13(12)17;/h3-4,9,14,18,20H,5-8,10H2,1-2H3;1H/t14-;/m1./s1. The third-order valence-electron chi connectivity index (χ3n) is 3.92. The zero-order valence-corrected chi connectivity index (χ0v) is 14.8. The Morgan fingerprint density at radius 3 is 2.52 bits per heavy atom. The molecule has 21 heavy (non-hydrogen) atoms. The summed E-state index contributed by atoms with van der Waals surface area (Å²) in [6.07, 6.45) is 0.